The molecule has 2 aliphatic rings. The predicted molar refractivity (Wildman–Crippen MR) is 99.0 cm³/mol. The van der Waals surface area contributed by atoms with Crippen LogP contribution in [0.3, 0.4) is 0 Å². The predicted octanol–water partition coefficient (Wildman–Crippen LogP) is 2.61. The number of nitrogens with zero attached hydrogens (tertiary/aromatic N) is 1. The number of halogens is 1. The lowest BCUT2D eigenvalue weighted by Gasteiger charge is -2.29. The zero-order chi connectivity index (χ0) is 19.5. The quantitative estimate of drug-likeness (QED) is 0.880. The van der Waals surface area contributed by atoms with Crippen molar-refractivity contribution in [2.45, 2.75) is 32.0 Å². The van der Waals surface area contributed by atoms with Gasteiger partial charge < -0.3 is 19.7 Å². The molecule has 2 aromatic rings. The fourth-order valence-corrected chi connectivity index (χ4v) is 3.54. The van der Waals surface area contributed by atoms with Gasteiger partial charge in [-0.15, -0.1) is 0 Å². The van der Waals surface area contributed by atoms with Crippen LogP contribution in [0, 0.1) is 5.82 Å². The number of fused-ring (bicyclic) bond motifs is 1. The highest BCUT2D eigenvalue weighted by Crippen LogP contribution is 2.33. The van der Waals surface area contributed by atoms with E-state index in [1.807, 2.05) is 30.3 Å². The van der Waals surface area contributed by atoms with Gasteiger partial charge in [-0.1, -0.05) is 36.4 Å². The maximum absolute atomic E-state index is 15.0. The Morgan fingerprint density at radius 3 is 2.82 bits per heavy atom. The summed E-state index contributed by atoms with van der Waals surface area (Å²) in [5.41, 5.74) is 1.60. The summed E-state index contributed by atoms with van der Waals surface area (Å²) in [5, 5.41) is 2.63. The SMILES string of the molecule is O=C1CCC(N2Cc3ccc(OCc4ccccc4)c(F)c3C2=O)COCN1. The van der Waals surface area contributed by atoms with Gasteiger partial charge in [0.15, 0.2) is 11.6 Å². The van der Waals surface area contributed by atoms with E-state index in [9.17, 15) is 9.59 Å². The summed E-state index contributed by atoms with van der Waals surface area (Å²) in [6.45, 7) is 0.953. The molecular formula is C21H21FN2O4. The second kappa shape index (κ2) is 7.98. The van der Waals surface area contributed by atoms with Crippen LogP contribution in [0.1, 0.15) is 34.3 Å². The van der Waals surface area contributed by atoms with E-state index < -0.39 is 5.82 Å². The van der Waals surface area contributed by atoms with Gasteiger partial charge in [-0.05, 0) is 23.6 Å². The lowest BCUT2D eigenvalue weighted by atomic mass is 10.1. The molecule has 1 saturated heterocycles. The maximum atomic E-state index is 15.0. The van der Waals surface area contributed by atoms with Crippen molar-refractivity contribution in [3.8, 4) is 5.75 Å². The molecular weight excluding hydrogens is 363 g/mol. The van der Waals surface area contributed by atoms with Gasteiger partial charge in [0.2, 0.25) is 5.91 Å². The molecule has 2 heterocycles. The van der Waals surface area contributed by atoms with Gasteiger partial charge in [0.05, 0.1) is 18.2 Å². The van der Waals surface area contributed by atoms with Gasteiger partial charge in [0, 0.05) is 13.0 Å². The average Bonchev–Trinajstić information content (AvgIpc) is 3.03. The summed E-state index contributed by atoms with van der Waals surface area (Å²) >= 11 is 0. The lowest BCUT2D eigenvalue weighted by molar-refractivity contribution is -0.124. The highest BCUT2D eigenvalue weighted by atomic mass is 19.1. The highest BCUT2D eigenvalue weighted by molar-refractivity contribution is 5.99. The number of benzene rings is 2. The molecule has 1 N–H and O–H groups in total. The molecule has 0 spiro atoms. The molecule has 6 nitrogen and oxygen atoms in total. The number of carbonyl (C=O) groups is 2. The van der Waals surface area contributed by atoms with Crippen molar-refractivity contribution in [2.75, 3.05) is 13.3 Å². The molecule has 7 heteroatoms. The van der Waals surface area contributed by atoms with Crippen molar-refractivity contribution >= 4 is 11.8 Å². The molecule has 2 aromatic carbocycles. The minimum absolute atomic E-state index is 0.0528. The zero-order valence-corrected chi connectivity index (χ0v) is 15.3. The Bertz CT molecular complexity index is 887. The van der Waals surface area contributed by atoms with E-state index in [1.165, 1.54) is 0 Å². The van der Waals surface area contributed by atoms with Crippen LogP contribution in [0.25, 0.3) is 0 Å². The Morgan fingerprint density at radius 2 is 2.00 bits per heavy atom. The summed E-state index contributed by atoms with van der Waals surface area (Å²) in [4.78, 5) is 26.1. The van der Waals surface area contributed by atoms with Crippen molar-refractivity contribution in [3.05, 3.63) is 65.0 Å². The van der Waals surface area contributed by atoms with Crippen LogP contribution < -0.4 is 10.1 Å². The van der Waals surface area contributed by atoms with Gasteiger partial charge in [-0.3, -0.25) is 9.59 Å². The molecule has 1 atom stereocenters. The number of hydrogen-bond donors (Lipinski definition) is 1. The Kier molecular flexibility index (Phi) is 5.25. The number of rotatable bonds is 4. The van der Waals surface area contributed by atoms with Gasteiger partial charge >= 0.3 is 0 Å². The van der Waals surface area contributed by atoms with Gasteiger partial charge in [0.1, 0.15) is 13.3 Å². The average molecular weight is 384 g/mol. The molecule has 2 aliphatic heterocycles. The summed E-state index contributed by atoms with van der Waals surface area (Å²) in [5.74, 6) is -1.07. The molecule has 28 heavy (non-hydrogen) atoms. The maximum Gasteiger partial charge on any atom is 0.257 e. The molecule has 0 aromatic heterocycles. The molecule has 0 radical (unpaired) electrons. The van der Waals surface area contributed by atoms with E-state index in [-0.39, 0.29) is 42.5 Å². The minimum atomic E-state index is -0.634. The third-order valence-corrected chi connectivity index (χ3v) is 5.07. The summed E-state index contributed by atoms with van der Waals surface area (Å²) in [7, 11) is 0. The third-order valence-electron chi connectivity index (χ3n) is 5.07. The van der Waals surface area contributed by atoms with Gasteiger partial charge in [-0.25, -0.2) is 4.39 Å². The van der Waals surface area contributed by atoms with E-state index in [0.29, 0.717) is 31.6 Å². The van der Waals surface area contributed by atoms with Crippen LogP contribution in [0.5, 0.6) is 5.75 Å². The number of ether oxygens (including phenoxy) is 2. The molecule has 2 amide bonds. The second-order valence-electron chi connectivity index (χ2n) is 6.93. The van der Waals surface area contributed by atoms with Crippen LogP contribution in [0.2, 0.25) is 0 Å². The van der Waals surface area contributed by atoms with Crippen molar-refractivity contribution in [3.63, 3.8) is 0 Å². The normalized spacial score (nSPS) is 19.6. The standard InChI is InChI=1S/C21H21FN2O4/c22-20-17(28-11-14-4-2-1-3-5-14)8-6-15-10-24(21(26)19(15)20)16-7-9-18(25)23-13-27-12-16/h1-6,8,16H,7,9-13H2,(H,23,25). The van der Waals surface area contributed by atoms with E-state index in [1.54, 1.807) is 17.0 Å². The van der Waals surface area contributed by atoms with Gasteiger partial charge in [0.25, 0.3) is 5.91 Å². The van der Waals surface area contributed by atoms with Crippen LogP contribution in [0.4, 0.5) is 4.39 Å². The first kappa shape index (κ1) is 18.4. The van der Waals surface area contributed by atoms with Crippen LogP contribution in [-0.2, 0) is 22.7 Å². The molecule has 1 fully saturated rings. The van der Waals surface area contributed by atoms with Gasteiger partial charge in [-0.2, -0.15) is 0 Å². The Hall–Kier alpha value is -2.93. The zero-order valence-electron chi connectivity index (χ0n) is 15.3. The fourth-order valence-electron chi connectivity index (χ4n) is 3.54. The largest absolute Gasteiger partial charge is 0.486 e. The van der Waals surface area contributed by atoms with Crippen LogP contribution >= 0.6 is 0 Å². The van der Waals surface area contributed by atoms with Crippen LogP contribution in [0.15, 0.2) is 42.5 Å². The number of hydrogen-bond acceptors (Lipinski definition) is 4. The third kappa shape index (κ3) is 3.71. The summed E-state index contributed by atoms with van der Waals surface area (Å²) < 4.78 is 26.0. The highest BCUT2D eigenvalue weighted by Gasteiger charge is 2.36. The summed E-state index contributed by atoms with van der Waals surface area (Å²) in [6, 6.07) is 12.5. The van der Waals surface area contributed by atoms with Crippen molar-refractivity contribution in [2.24, 2.45) is 0 Å². The first-order valence-electron chi connectivity index (χ1n) is 9.27. The number of amides is 2. The monoisotopic (exact) mass is 384 g/mol. The fraction of sp³-hybridized carbons (Fsp3) is 0.333. The van der Waals surface area contributed by atoms with E-state index in [4.69, 9.17) is 9.47 Å². The molecule has 0 saturated carbocycles. The Balaban J connectivity index is 1.50. The minimum Gasteiger partial charge on any atom is -0.486 e. The molecule has 146 valence electrons. The molecule has 0 aliphatic carbocycles. The Labute approximate surface area is 162 Å². The smallest absolute Gasteiger partial charge is 0.257 e. The molecule has 4 rings (SSSR count). The van der Waals surface area contributed by atoms with Crippen molar-refractivity contribution in [1.82, 2.24) is 10.2 Å². The topological polar surface area (TPSA) is 67.9 Å². The van der Waals surface area contributed by atoms with E-state index in [2.05, 4.69) is 5.32 Å². The number of nitrogens with one attached hydrogen (secondary N) is 1. The van der Waals surface area contributed by atoms with Crippen LogP contribution in [-0.4, -0.2) is 36.1 Å². The summed E-state index contributed by atoms with van der Waals surface area (Å²) in [6.07, 6.45) is 0.784. The van der Waals surface area contributed by atoms with E-state index in [0.717, 1.165) is 5.56 Å². The number of carbonyl (C=O) groups excluding carboxylic acids is 2. The van der Waals surface area contributed by atoms with E-state index >= 15 is 4.39 Å². The Morgan fingerprint density at radius 1 is 1.18 bits per heavy atom. The molecule has 1 unspecified atom stereocenters. The lowest BCUT2D eigenvalue weighted by Crippen LogP contribution is -2.43. The first-order chi connectivity index (χ1) is 13.6. The first-order valence-corrected chi connectivity index (χ1v) is 9.27. The van der Waals surface area contributed by atoms with Crippen molar-refractivity contribution < 1.29 is 23.5 Å². The molecule has 0 bridgehead atoms. The van der Waals surface area contributed by atoms with Crippen molar-refractivity contribution in [1.29, 1.82) is 0 Å². The second-order valence-corrected chi connectivity index (χ2v) is 6.93.